The van der Waals surface area contributed by atoms with Crippen molar-refractivity contribution < 1.29 is 4.79 Å². The first-order valence-electron chi connectivity index (χ1n) is 8.81. The number of unbranched alkanes of at least 4 members (excludes halogenated alkanes) is 11. The summed E-state index contributed by atoms with van der Waals surface area (Å²) in [5, 5.41) is 3.15. The van der Waals surface area contributed by atoms with Crippen molar-refractivity contribution in [2.45, 2.75) is 96.8 Å². The van der Waals surface area contributed by atoms with Crippen molar-refractivity contribution in [3.05, 3.63) is 16.7 Å². The van der Waals surface area contributed by atoms with Gasteiger partial charge in [0.15, 0.2) is 0 Å². The van der Waals surface area contributed by atoms with Crippen molar-refractivity contribution in [2.75, 3.05) is 0 Å². The van der Waals surface area contributed by atoms with Gasteiger partial charge in [-0.2, -0.15) is 0 Å². The molecule has 0 saturated heterocycles. The molecule has 0 heterocycles. The van der Waals surface area contributed by atoms with E-state index in [1.54, 1.807) is 0 Å². The van der Waals surface area contributed by atoms with Crippen LogP contribution in [0.15, 0.2) is 16.9 Å². The predicted octanol–water partition coefficient (Wildman–Crippen LogP) is 6.32. The lowest BCUT2D eigenvalue weighted by Crippen LogP contribution is -1.84. The molecule has 0 aliphatic heterocycles. The monoisotopic (exact) mass is 295 g/mol. The molecule has 122 valence electrons. The second-order valence-corrected chi connectivity index (χ2v) is 5.82. The van der Waals surface area contributed by atoms with Gasteiger partial charge in [0.25, 0.3) is 0 Å². The molecule has 0 saturated carbocycles. The van der Waals surface area contributed by atoms with Gasteiger partial charge in [0, 0.05) is 6.42 Å². The molecule has 0 rings (SSSR count). The Balaban J connectivity index is 3.48. The van der Waals surface area contributed by atoms with Crippen LogP contribution in [0.4, 0.5) is 0 Å². The van der Waals surface area contributed by atoms with Crippen LogP contribution in [0.5, 0.6) is 0 Å². The van der Waals surface area contributed by atoms with Crippen molar-refractivity contribution in [2.24, 2.45) is 5.18 Å². The summed E-state index contributed by atoms with van der Waals surface area (Å²) in [6, 6.07) is 0. The molecule has 0 aromatic carbocycles. The summed E-state index contributed by atoms with van der Waals surface area (Å²) < 4.78 is 0. The lowest BCUT2D eigenvalue weighted by Gasteiger charge is -2.01. The maximum absolute atomic E-state index is 10.8. The predicted molar refractivity (Wildman–Crippen MR) is 90.3 cm³/mol. The molecule has 0 N–H and O–H groups in total. The van der Waals surface area contributed by atoms with Crippen molar-refractivity contribution in [3.8, 4) is 0 Å². The highest BCUT2D eigenvalue weighted by Crippen LogP contribution is 2.15. The quantitative estimate of drug-likeness (QED) is 0.190. The van der Waals surface area contributed by atoms with E-state index in [-0.39, 0.29) is 0 Å². The Bertz CT molecular complexity index is 274. The number of aldehydes is 1. The number of hydrogen-bond acceptors (Lipinski definition) is 3. The van der Waals surface area contributed by atoms with Crippen LogP contribution in [0.1, 0.15) is 96.8 Å². The molecule has 0 bridgehead atoms. The van der Waals surface area contributed by atoms with Crippen molar-refractivity contribution in [3.63, 3.8) is 0 Å². The average molecular weight is 295 g/mol. The number of nitroso groups, excluding NO2 is 1. The summed E-state index contributed by atoms with van der Waals surface area (Å²) in [7, 11) is 0. The zero-order valence-corrected chi connectivity index (χ0v) is 13.8. The highest BCUT2D eigenvalue weighted by molar-refractivity contribution is 5.48. The van der Waals surface area contributed by atoms with E-state index in [4.69, 9.17) is 0 Å². The Morgan fingerprint density at radius 2 is 1.38 bits per heavy atom. The third-order valence-electron chi connectivity index (χ3n) is 3.81. The molecular formula is C18H33NO2. The van der Waals surface area contributed by atoms with Gasteiger partial charge in [-0.15, -0.1) is 4.91 Å². The zero-order chi connectivity index (χ0) is 15.6. The molecule has 0 spiro atoms. The van der Waals surface area contributed by atoms with E-state index in [1.807, 2.05) is 6.08 Å². The van der Waals surface area contributed by atoms with Crippen molar-refractivity contribution in [1.82, 2.24) is 0 Å². The summed E-state index contributed by atoms with van der Waals surface area (Å²) in [6.07, 6.45) is 18.6. The lowest BCUT2D eigenvalue weighted by atomic mass is 10.1. The normalized spacial score (nSPS) is 11.6. The first-order valence-corrected chi connectivity index (χ1v) is 8.81. The van der Waals surface area contributed by atoms with Gasteiger partial charge in [0.1, 0.15) is 6.29 Å². The minimum atomic E-state index is 0.680. The maximum atomic E-state index is 10.8. The fourth-order valence-corrected chi connectivity index (χ4v) is 2.44. The largest absolute Gasteiger partial charge is 0.303 e. The number of allylic oxidation sites excluding steroid dienone is 2. The fraction of sp³-hybridized carbons (Fsp3) is 0.833. The Kier molecular flexibility index (Phi) is 16.3. The van der Waals surface area contributed by atoms with Gasteiger partial charge in [-0.05, 0) is 37.3 Å². The summed E-state index contributed by atoms with van der Waals surface area (Å²) in [5.74, 6) is 0. The van der Waals surface area contributed by atoms with Gasteiger partial charge in [0.2, 0.25) is 0 Å². The summed E-state index contributed by atoms with van der Waals surface area (Å²) in [4.78, 5) is 20.9. The van der Waals surface area contributed by atoms with E-state index in [0.29, 0.717) is 6.42 Å². The topological polar surface area (TPSA) is 46.5 Å². The molecule has 0 unspecified atom stereocenters. The number of hydrogen-bond donors (Lipinski definition) is 0. The lowest BCUT2D eigenvalue weighted by molar-refractivity contribution is -0.107. The van der Waals surface area contributed by atoms with E-state index < -0.39 is 0 Å². The Morgan fingerprint density at radius 3 is 2.00 bits per heavy atom. The molecule has 0 aromatic rings. The SMILES string of the molecule is CCCCCCCC/C=C(/CCCCCCCC=O)N=O. The van der Waals surface area contributed by atoms with Crippen LogP contribution in [0.25, 0.3) is 0 Å². The van der Waals surface area contributed by atoms with E-state index in [0.717, 1.165) is 56.9 Å². The average Bonchev–Trinajstić information content (AvgIpc) is 2.51. The smallest absolute Gasteiger partial charge is 0.119 e. The third kappa shape index (κ3) is 15.2. The van der Waals surface area contributed by atoms with Crippen molar-refractivity contribution in [1.29, 1.82) is 0 Å². The minimum absolute atomic E-state index is 0.680. The molecular weight excluding hydrogens is 262 g/mol. The Hall–Kier alpha value is -0.990. The van der Waals surface area contributed by atoms with Crippen LogP contribution >= 0.6 is 0 Å². The highest BCUT2D eigenvalue weighted by atomic mass is 16.3. The van der Waals surface area contributed by atoms with E-state index in [2.05, 4.69) is 12.1 Å². The summed E-state index contributed by atoms with van der Waals surface area (Å²) in [6.45, 7) is 2.23. The number of rotatable bonds is 16. The zero-order valence-electron chi connectivity index (χ0n) is 13.8. The number of carbonyl (C=O) groups is 1. The molecule has 21 heavy (non-hydrogen) atoms. The molecule has 0 fully saturated rings. The van der Waals surface area contributed by atoms with Gasteiger partial charge in [0.05, 0.1) is 5.70 Å². The molecule has 0 radical (unpaired) electrons. The van der Waals surface area contributed by atoms with Crippen LogP contribution < -0.4 is 0 Å². The minimum Gasteiger partial charge on any atom is -0.303 e. The van der Waals surface area contributed by atoms with E-state index >= 15 is 0 Å². The van der Waals surface area contributed by atoms with Gasteiger partial charge in [-0.25, -0.2) is 0 Å². The molecule has 0 amide bonds. The van der Waals surface area contributed by atoms with E-state index in [9.17, 15) is 9.70 Å². The summed E-state index contributed by atoms with van der Waals surface area (Å²) in [5.41, 5.74) is 0.733. The van der Waals surface area contributed by atoms with Crippen LogP contribution in [0, 0.1) is 4.91 Å². The molecule has 3 heteroatoms. The van der Waals surface area contributed by atoms with E-state index in [1.165, 1.54) is 38.5 Å². The Morgan fingerprint density at radius 1 is 0.810 bits per heavy atom. The van der Waals surface area contributed by atoms with Gasteiger partial charge in [-0.3, -0.25) is 0 Å². The van der Waals surface area contributed by atoms with Gasteiger partial charge in [-0.1, -0.05) is 64.4 Å². The molecule has 0 aliphatic rings. The van der Waals surface area contributed by atoms with Crippen LogP contribution in [-0.4, -0.2) is 6.29 Å². The molecule has 0 aliphatic carbocycles. The number of carbonyl (C=O) groups excluding carboxylic acids is 1. The van der Waals surface area contributed by atoms with Gasteiger partial charge >= 0.3 is 0 Å². The first kappa shape index (κ1) is 20.0. The van der Waals surface area contributed by atoms with Crippen LogP contribution in [-0.2, 0) is 4.79 Å². The van der Waals surface area contributed by atoms with Gasteiger partial charge < -0.3 is 4.79 Å². The molecule has 0 aromatic heterocycles. The maximum Gasteiger partial charge on any atom is 0.119 e. The molecule has 0 atom stereocenters. The fourth-order valence-electron chi connectivity index (χ4n) is 2.44. The van der Waals surface area contributed by atoms with Crippen LogP contribution in [0.3, 0.4) is 0 Å². The summed E-state index contributed by atoms with van der Waals surface area (Å²) >= 11 is 0. The second kappa shape index (κ2) is 17.1. The van der Waals surface area contributed by atoms with Crippen LogP contribution in [0.2, 0.25) is 0 Å². The second-order valence-electron chi connectivity index (χ2n) is 5.82. The first-order chi connectivity index (χ1) is 10.3. The van der Waals surface area contributed by atoms with Crippen molar-refractivity contribution >= 4 is 6.29 Å². The number of nitrogens with zero attached hydrogens (tertiary/aromatic N) is 1. The molecule has 3 nitrogen and oxygen atoms in total. The third-order valence-corrected chi connectivity index (χ3v) is 3.81. The Labute approximate surface area is 130 Å². The standard InChI is InChI=1S/C18H33NO2/c1-2-3-4-5-6-9-12-15-18(19-21)16-13-10-7-8-11-14-17-20/h15,17H,2-14,16H2,1H3/b18-15-. The highest BCUT2D eigenvalue weighted by Gasteiger charge is 1.98.